The Morgan fingerprint density at radius 3 is 2.67 bits per heavy atom. The molecule has 5 nitrogen and oxygen atoms in total. The van der Waals surface area contributed by atoms with E-state index in [4.69, 9.17) is 16.0 Å². The van der Waals surface area contributed by atoms with Crippen molar-refractivity contribution in [3.05, 3.63) is 93.8 Å². The average molecular weight is 437 g/mol. The van der Waals surface area contributed by atoms with Gasteiger partial charge in [0.15, 0.2) is 0 Å². The van der Waals surface area contributed by atoms with E-state index in [-0.39, 0.29) is 11.8 Å². The van der Waals surface area contributed by atoms with Crippen LogP contribution in [0.1, 0.15) is 5.56 Å². The molecule has 0 fully saturated rings. The zero-order valence-corrected chi connectivity index (χ0v) is 17.4. The van der Waals surface area contributed by atoms with Crippen LogP contribution in [0.5, 0.6) is 0 Å². The molecule has 0 aliphatic heterocycles. The maximum atomic E-state index is 12.3. The second kappa shape index (κ2) is 9.15. The molecule has 4 aromatic rings. The van der Waals surface area contributed by atoms with Gasteiger partial charge in [0.25, 0.3) is 0 Å². The number of thioether (sulfide) groups is 1. The number of nitrogens with zero attached hydrogens (tertiary/aromatic N) is 1. The van der Waals surface area contributed by atoms with Crippen molar-refractivity contribution in [3.63, 3.8) is 0 Å². The van der Waals surface area contributed by atoms with Crippen molar-refractivity contribution >= 4 is 45.9 Å². The Hall–Kier alpha value is -3.09. The number of amides is 1. The van der Waals surface area contributed by atoms with E-state index < -0.39 is 5.63 Å². The fourth-order valence-electron chi connectivity index (χ4n) is 2.91. The summed E-state index contributed by atoms with van der Waals surface area (Å²) in [5.41, 5.74) is 2.46. The van der Waals surface area contributed by atoms with Gasteiger partial charge in [-0.25, -0.2) is 9.78 Å². The molecule has 0 atom stereocenters. The molecule has 1 heterocycles. The molecular formula is C23H17ClN2O3S. The highest BCUT2D eigenvalue weighted by atomic mass is 35.5. The van der Waals surface area contributed by atoms with Crippen LogP contribution in [0.15, 0.2) is 82.0 Å². The number of hydrogen-bond donors (Lipinski definition) is 1. The summed E-state index contributed by atoms with van der Waals surface area (Å²) in [5.74, 6) is 1.14. The molecule has 1 aromatic heterocycles. The Kier molecular flexibility index (Phi) is 6.16. The standard InChI is InChI=1S/C23H17ClN2O3S/c24-17-10-8-15(9-11-17)13-30-14-21(27)25-18-5-3-4-16(12-18)22-26-20-7-2-1-6-19(20)23(28)29-22/h1-12H,13-14H2,(H,25,27). The highest BCUT2D eigenvalue weighted by Crippen LogP contribution is 2.22. The summed E-state index contributed by atoms with van der Waals surface area (Å²) >= 11 is 7.40. The lowest BCUT2D eigenvalue weighted by atomic mass is 10.2. The average Bonchev–Trinajstić information content (AvgIpc) is 2.75. The van der Waals surface area contributed by atoms with Gasteiger partial charge in [-0.3, -0.25) is 4.79 Å². The van der Waals surface area contributed by atoms with Crippen molar-refractivity contribution in [2.45, 2.75) is 5.75 Å². The number of fused-ring (bicyclic) bond motifs is 1. The summed E-state index contributed by atoms with van der Waals surface area (Å²) in [6, 6.07) is 21.7. The van der Waals surface area contributed by atoms with Crippen molar-refractivity contribution in [1.29, 1.82) is 0 Å². The Balaban J connectivity index is 1.42. The summed E-state index contributed by atoms with van der Waals surface area (Å²) in [4.78, 5) is 28.9. The minimum absolute atomic E-state index is 0.112. The number of anilines is 1. The number of benzene rings is 3. The van der Waals surface area contributed by atoms with E-state index >= 15 is 0 Å². The molecule has 0 spiro atoms. The lowest BCUT2D eigenvalue weighted by molar-refractivity contribution is -0.113. The predicted molar refractivity (Wildman–Crippen MR) is 122 cm³/mol. The number of hydrogen-bond acceptors (Lipinski definition) is 5. The van der Waals surface area contributed by atoms with Gasteiger partial charge in [0.05, 0.1) is 16.7 Å². The van der Waals surface area contributed by atoms with Crippen molar-refractivity contribution in [1.82, 2.24) is 4.98 Å². The summed E-state index contributed by atoms with van der Waals surface area (Å²) in [7, 11) is 0. The number of para-hydroxylation sites is 1. The van der Waals surface area contributed by atoms with Gasteiger partial charge >= 0.3 is 5.63 Å². The number of halogens is 1. The maximum absolute atomic E-state index is 12.3. The fourth-order valence-corrected chi connectivity index (χ4v) is 3.83. The van der Waals surface area contributed by atoms with Gasteiger partial charge in [-0.15, -0.1) is 11.8 Å². The Morgan fingerprint density at radius 2 is 1.83 bits per heavy atom. The van der Waals surface area contributed by atoms with Crippen molar-refractivity contribution in [2.75, 3.05) is 11.1 Å². The van der Waals surface area contributed by atoms with E-state index in [2.05, 4.69) is 10.3 Å². The zero-order valence-electron chi connectivity index (χ0n) is 15.8. The van der Waals surface area contributed by atoms with Crippen LogP contribution < -0.4 is 10.9 Å². The van der Waals surface area contributed by atoms with Gasteiger partial charge in [0.1, 0.15) is 0 Å². The first-order valence-corrected chi connectivity index (χ1v) is 10.7. The fraction of sp³-hybridized carbons (Fsp3) is 0.0870. The van der Waals surface area contributed by atoms with Crippen LogP contribution in [0.2, 0.25) is 5.02 Å². The quantitative estimate of drug-likeness (QED) is 0.439. The second-order valence-corrected chi connectivity index (χ2v) is 7.99. The SMILES string of the molecule is O=C(CSCc1ccc(Cl)cc1)Nc1cccc(-c2nc3ccccc3c(=O)o2)c1. The molecule has 30 heavy (non-hydrogen) atoms. The van der Waals surface area contributed by atoms with Gasteiger partial charge < -0.3 is 9.73 Å². The van der Waals surface area contributed by atoms with Crippen molar-refractivity contribution in [3.8, 4) is 11.5 Å². The van der Waals surface area contributed by atoms with E-state index in [0.717, 1.165) is 11.3 Å². The monoisotopic (exact) mass is 436 g/mol. The van der Waals surface area contributed by atoms with Crippen LogP contribution in [0, 0.1) is 0 Å². The van der Waals surface area contributed by atoms with Crippen LogP contribution >= 0.6 is 23.4 Å². The normalized spacial score (nSPS) is 10.8. The molecule has 0 aliphatic carbocycles. The summed E-state index contributed by atoms with van der Waals surface area (Å²) in [6.07, 6.45) is 0. The maximum Gasteiger partial charge on any atom is 0.347 e. The molecule has 0 radical (unpaired) electrons. The molecular weight excluding hydrogens is 420 g/mol. The lowest BCUT2D eigenvalue weighted by Gasteiger charge is -2.07. The van der Waals surface area contributed by atoms with E-state index in [1.165, 1.54) is 11.8 Å². The first-order chi connectivity index (χ1) is 14.6. The molecule has 150 valence electrons. The Labute approximate surface area is 182 Å². The number of carbonyl (C=O) groups excluding carboxylic acids is 1. The highest BCUT2D eigenvalue weighted by molar-refractivity contribution is 7.99. The molecule has 0 aliphatic rings. The Morgan fingerprint density at radius 1 is 1.03 bits per heavy atom. The van der Waals surface area contributed by atoms with Gasteiger partial charge in [-0.2, -0.15) is 0 Å². The van der Waals surface area contributed by atoms with Crippen LogP contribution in [-0.4, -0.2) is 16.6 Å². The van der Waals surface area contributed by atoms with Gasteiger partial charge in [0.2, 0.25) is 11.8 Å². The Bertz CT molecular complexity index is 1260. The number of rotatable bonds is 6. The smallest absolute Gasteiger partial charge is 0.347 e. The minimum atomic E-state index is -0.441. The van der Waals surface area contributed by atoms with E-state index in [9.17, 15) is 9.59 Å². The third-order valence-corrected chi connectivity index (χ3v) is 5.60. The molecule has 0 saturated heterocycles. The van der Waals surface area contributed by atoms with Crippen LogP contribution in [0.4, 0.5) is 5.69 Å². The topological polar surface area (TPSA) is 72.2 Å². The molecule has 0 unspecified atom stereocenters. The summed E-state index contributed by atoms with van der Waals surface area (Å²) in [6.45, 7) is 0. The van der Waals surface area contributed by atoms with E-state index in [0.29, 0.717) is 32.9 Å². The third kappa shape index (κ3) is 4.90. The molecule has 0 bridgehead atoms. The van der Waals surface area contributed by atoms with Gasteiger partial charge in [-0.1, -0.05) is 41.9 Å². The predicted octanol–water partition coefficient (Wildman–Crippen LogP) is 5.38. The molecule has 0 saturated carbocycles. The minimum Gasteiger partial charge on any atom is -0.403 e. The molecule has 1 amide bonds. The van der Waals surface area contributed by atoms with Crippen LogP contribution in [-0.2, 0) is 10.5 Å². The molecule has 3 aromatic carbocycles. The highest BCUT2D eigenvalue weighted by Gasteiger charge is 2.10. The summed E-state index contributed by atoms with van der Waals surface area (Å²) < 4.78 is 5.37. The van der Waals surface area contributed by atoms with E-state index in [1.807, 2.05) is 30.3 Å². The number of aromatic nitrogens is 1. The number of nitrogens with one attached hydrogen (secondary N) is 1. The van der Waals surface area contributed by atoms with Crippen molar-refractivity contribution in [2.24, 2.45) is 0 Å². The van der Waals surface area contributed by atoms with Crippen LogP contribution in [0.3, 0.4) is 0 Å². The largest absolute Gasteiger partial charge is 0.403 e. The zero-order chi connectivity index (χ0) is 20.9. The first kappa shape index (κ1) is 20.2. The third-order valence-electron chi connectivity index (χ3n) is 4.34. The van der Waals surface area contributed by atoms with Crippen molar-refractivity contribution < 1.29 is 9.21 Å². The summed E-state index contributed by atoms with van der Waals surface area (Å²) in [5, 5.41) is 4.00. The van der Waals surface area contributed by atoms with Gasteiger partial charge in [-0.05, 0) is 48.0 Å². The van der Waals surface area contributed by atoms with Crippen LogP contribution in [0.25, 0.3) is 22.4 Å². The molecule has 1 N–H and O–H groups in total. The lowest BCUT2D eigenvalue weighted by Crippen LogP contribution is -2.14. The molecule has 4 rings (SSSR count). The molecule has 7 heteroatoms. The second-order valence-electron chi connectivity index (χ2n) is 6.57. The van der Waals surface area contributed by atoms with E-state index in [1.54, 1.807) is 42.5 Å². The number of carbonyl (C=O) groups is 1. The first-order valence-electron chi connectivity index (χ1n) is 9.21. The van der Waals surface area contributed by atoms with Gasteiger partial charge in [0, 0.05) is 22.0 Å².